The summed E-state index contributed by atoms with van der Waals surface area (Å²) in [6.45, 7) is 4.85. The largest absolute Gasteiger partial charge is 0.333 e. The molecule has 1 aliphatic heterocycles. The summed E-state index contributed by atoms with van der Waals surface area (Å²) >= 11 is 0. The summed E-state index contributed by atoms with van der Waals surface area (Å²) in [5.74, 6) is 1.06. The molecule has 0 saturated carbocycles. The second-order valence-corrected chi connectivity index (χ2v) is 7.36. The van der Waals surface area contributed by atoms with Crippen molar-refractivity contribution in [2.75, 3.05) is 19.6 Å². The lowest BCUT2D eigenvalue weighted by molar-refractivity contribution is -0.905. The molecular formula is C22H25N4+. The third kappa shape index (κ3) is 2.71. The lowest BCUT2D eigenvalue weighted by Gasteiger charge is -2.23. The van der Waals surface area contributed by atoms with Crippen LogP contribution in [0.3, 0.4) is 0 Å². The van der Waals surface area contributed by atoms with Gasteiger partial charge in [-0.2, -0.15) is 0 Å². The Balaban J connectivity index is 1.56. The number of hydrogen-bond acceptors (Lipinski definition) is 1. The van der Waals surface area contributed by atoms with Gasteiger partial charge in [-0.1, -0.05) is 42.5 Å². The van der Waals surface area contributed by atoms with Crippen LogP contribution in [0.4, 0.5) is 0 Å². The Bertz CT molecular complexity index is 1020. The fraction of sp³-hybridized carbons (Fsp3) is 0.318. The molecule has 1 fully saturated rings. The molecule has 0 amide bonds. The second-order valence-electron chi connectivity index (χ2n) is 7.36. The van der Waals surface area contributed by atoms with Crippen molar-refractivity contribution >= 4 is 16.8 Å². The van der Waals surface area contributed by atoms with E-state index < -0.39 is 0 Å². The molecule has 0 aliphatic carbocycles. The Labute approximate surface area is 153 Å². The molecule has 2 aromatic heterocycles. The SMILES string of the molecule is c1ccc(-c2cn3c4ccccc4n(CC[NH+]4CCCCC4)c3n2)cc1. The van der Waals surface area contributed by atoms with E-state index in [2.05, 4.69) is 69.8 Å². The summed E-state index contributed by atoms with van der Waals surface area (Å²) in [5, 5.41) is 0. The first kappa shape index (κ1) is 15.6. The van der Waals surface area contributed by atoms with E-state index in [1.54, 1.807) is 4.90 Å². The van der Waals surface area contributed by atoms with E-state index in [1.165, 1.54) is 55.5 Å². The third-order valence-electron chi connectivity index (χ3n) is 5.68. The number of fused-ring (bicyclic) bond motifs is 3. The number of benzene rings is 2. The van der Waals surface area contributed by atoms with E-state index >= 15 is 0 Å². The molecule has 3 heterocycles. The highest BCUT2D eigenvalue weighted by molar-refractivity contribution is 5.82. The molecule has 4 aromatic rings. The molecular weight excluding hydrogens is 320 g/mol. The standard InChI is InChI=1S/C22H24N4/c1-3-9-18(10-4-1)19-17-26-21-12-6-5-11-20(21)25(22(26)23-19)16-15-24-13-7-2-8-14-24/h1,3-6,9-12,17H,2,7-8,13-16H2/p+1. The van der Waals surface area contributed by atoms with E-state index in [1.807, 2.05) is 0 Å². The van der Waals surface area contributed by atoms with Crippen molar-refractivity contribution in [3.8, 4) is 11.3 Å². The van der Waals surface area contributed by atoms with Gasteiger partial charge < -0.3 is 9.47 Å². The van der Waals surface area contributed by atoms with E-state index in [0.29, 0.717) is 0 Å². The van der Waals surface area contributed by atoms with E-state index in [9.17, 15) is 0 Å². The molecule has 0 atom stereocenters. The highest BCUT2D eigenvalue weighted by atomic mass is 15.2. The Hall–Kier alpha value is -2.59. The van der Waals surface area contributed by atoms with Gasteiger partial charge in [-0.15, -0.1) is 0 Å². The molecule has 5 rings (SSSR count). The quantitative estimate of drug-likeness (QED) is 0.605. The predicted molar refractivity (Wildman–Crippen MR) is 106 cm³/mol. The highest BCUT2D eigenvalue weighted by Crippen LogP contribution is 2.25. The lowest BCUT2D eigenvalue weighted by Crippen LogP contribution is -3.13. The zero-order valence-electron chi connectivity index (χ0n) is 15.1. The molecule has 4 heteroatoms. The summed E-state index contributed by atoms with van der Waals surface area (Å²) in [7, 11) is 0. The fourth-order valence-corrected chi connectivity index (χ4v) is 4.28. The van der Waals surface area contributed by atoms with Gasteiger partial charge in [0.05, 0.1) is 42.9 Å². The van der Waals surface area contributed by atoms with E-state index in [4.69, 9.17) is 4.98 Å². The summed E-state index contributed by atoms with van der Waals surface area (Å²) < 4.78 is 4.66. The van der Waals surface area contributed by atoms with E-state index in [-0.39, 0.29) is 0 Å². The first-order valence-electron chi connectivity index (χ1n) is 9.75. The molecule has 0 unspecified atom stereocenters. The smallest absolute Gasteiger partial charge is 0.215 e. The number of aromatic nitrogens is 3. The number of rotatable bonds is 4. The molecule has 2 aromatic carbocycles. The van der Waals surface area contributed by atoms with Crippen LogP contribution in [0.25, 0.3) is 28.1 Å². The van der Waals surface area contributed by atoms with Gasteiger partial charge in [0.15, 0.2) is 0 Å². The Morgan fingerprint density at radius 2 is 1.58 bits per heavy atom. The maximum atomic E-state index is 5.00. The Kier molecular flexibility index (Phi) is 3.98. The molecule has 0 bridgehead atoms. The number of para-hydroxylation sites is 2. The van der Waals surface area contributed by atoms with Gasteiger partial charge in [0.25, 0.3) is 0 Å². The van der Waals surface area contributed by atoms with Crippen molar-refractivity contribution in [3.63, 3.8) is 0 Å². The number of nitrogens with zero attached hydrogens (tertiary/aromatic N) is 3. The second kappa shape index (κ2) is 6.61. The molecule has 26 heavy (non-hydrogen) atoms. The van der Waals surface area contributed by atoms with Crippen LogP contribution in [0.2, 0.25) is 0 Å². The first-order chi connectivity index (χ1) is 12.9. The maximum absolute atomic E-state index is 5.00. The average molecular weight is 345 g/mol. The van der Waals surface area contributed by atoms with Crippen molar-refractivity contribution in [2.45, 2.75) is 25.8 Å². The molecule has 1 saturated heterocycles. The molecule has 0 spiro atoms. The van der Waals surface area contributed by atoms with Gasteiger partial charge in [-0.3, -0.25) is 4.40 Å². The summed E-state index contributed by atoms with van der Waals surface area (Å²) in [4.78, 5) is 6.74. The van der Waals surface area contributed by atoms with Crippen LogP contribution in [0, 0.1) is 0 Å². The van der Waals surface area contributed by atoms with Gasteiger partial charge in [0.1, 0.15) is 0 Å². The summed E-state index contributed by atoms with van der Waals surface area (Å²) in [5.41, 5.74) is 4.75. The first-order valence-corrected chi connectivity index (χ1v) is 9.75. The topological polar surface area (TPSA) is 26.7 Å². The Morgan fingerprint density at radius 1 is 0.846 bits per heavy atom. The van der Waals surface area contributed by atoms with E-state index in [0.717, 1.165) is 18.0 Å². The van der Waals surface area contributed by atoms with Crippen molar-refractivity contribution in [3.05, 3.63) is 60.8 Å². The minimum atomic E-state index is 1.03. The molecule has 132 valence electrons. The lowest BCUT2D eigenvalue weighted by atomic mass is 10.1. The summed E-state index contributed by atoms with van der Waals surface area (Å²) in [6, 6.07) is 19.1. The van der Waals surface area contributed by atoms with Crippen LogP contribution in [0.1, 0.15) is 19.3 Å². The minimum absolute atomic E-state index is 1.03. The zero-order valence-corrected chi connectivity index (χ0v) is 15.1. The zero-order chi connectivity index (χ0) is 17.3. The maximum Gasteiger partial charge on any atom is 0.215 e. The Morgan fingerprint density at radius 3 is 2.38 bits per heavy atom. The van der Waals surface area contributed by atoms with Crippen molar-refractivity contribution < 1.29 is 4.90 Å². The van der Waals surface area contributed by atoms with Crippen LogP contribution in [-0.4, -0.2) is 33.6 Å². The molecule has 1 N–H and O–H groups in total. The molecule has 4 nitrogen and oxygen atoms in total. The number of imidazole rings is 2. The van der Waals surface area contributed by atoms with Crippen LogP contribution in [-0.2, 0) is 6.54 Å². The van der Waals surface area contributed by atoms with Crippen molar-refractivity contribution in [1.29, 1.82) is 0 Å². The summed E-state index contributed by atoms with van der Waals surface area (Å²) in [6.07, 6.45) is 6.33. The highest BCUT2D eigenvalue weighted by Gasteiger charge is 2.17. The average Bonchev–Trinajstić information content (AvgIpc) is 3.26. The van der Waals surface area contributed by atoms with Crippen LogP contribution < -0.4 is 4.90 Å². The minimum Gasteiger partial charge on any atom is -0.333 e. The van der Waals surface area contributed by atoms with Gasteiger partial charge >= 0.3 is 0 Å². The molecule has 1 aliphatic rings. The van der Waals surface area contributed by atoms with Crippen molar-refractivity contribution in [1.82, 2.24) is 14.0 Å². The normalized spacial score (nSPS) is 15.8. The monoisotopic (exact) mass is 345 g/mol. The van der Waals surface area contributed by atoms with Gasteiger partial charge in [0.2, 0.25) is 5.78 Å². The van der Waals surface area contributed by atoms with Gasteiger partial charge in [-0.25, -0.2) is 4.98 Å². The van der Waals surface area contributed by atoms with Crippen LogP contribution in [0.5, 0.6) is 0 Å². The number of quaternary nitrogens is 1. The van der Waals surface area contributed by atoms with Crippen molar-refractivity contribution in [2.24, 2.45) is 0 Å². The fourth-order valence-electron chi connectivity index (χ4n) is 4.28. The number of hydrogen-bond donors (Lipinski definition) is 1. The van der Waals surface area contributed by atoms with Gasteiger partial charge in [0, 0.05) is 11.8 Å². The number of nitrogens with one attached hydrogen (secondary N) is 1. The van der Waals surface area contributed by atoms with Gasteiger partial charge in [-0.05, 0) is 31.4 Å². The van der Waals surface area contributed by atoms with Crippen LogP contribution >= 0.6 is 0 Å². The predicted octanol–water partition coefficient (Wildman–Crippen LogP) is 3.02. The van der Waals surface area contributed by atoms with Crippen LogP contribution in [0.15, 0.2) is 60.8 Å². The number of piperidine rings is 1. The third-order valence-corrected chi connectivity index (χ3v) is 5.68. The number of likely N-dealkylation sites (tertiary alicyclic amines) is 1. The molecule has 0 radical (unpaired) electrons.